The van der Waals surface area contributed by atoms with Gasteiger partial charge in [-0.05, 0) is 19.1 Å². The van der Waals surface area contributed by atoms with Gasteiger partial charge in [0.2, 0.25) is 0 Å². The number of hydrogen-bond donors (Lipinski definition) is 1. The fraction of sp³-hybridized carbons (Fsp3) is 0.412. The maximum Gasteiger partial charge on any atom is 0.130 e. The molecule has 0 saturated heterocycles. The van der Waals surface area contributed by atoms with Gasteiger partial charge in [0.15, 0.2) is 0 Å². The van der Waals surface area contributed by atoms with E-state index >= 15 is 0 Å². The van der Waals surface area contributed by atoms with Gasteiger partial charge in [-0.15, -0.1) is 0 Å². The molecule has 0 aliphatic rings. The molecule has 0 aliphatic heterocycles. The van der Waals surface area contributed by atoms with Crippen LogP contribution in [0, 0.1) is 12.7 Å². The summed E-state index contributed by atoms with van der Waals surface area (Å²) in [6, 6.07) is 9.05. The zero-order valence-corrected chi connectivity index (χ0v) is 12.8. The highest BCUT2D eigenvalue weighted by Gasteiger charge is 2.08. The number of rotatable bonds is 7. The van der Waals surface area contributed by atoms with E-state index in [1.54, 1.807) is 18.2 Å². The Kier molecular flexibility index (Phi) is 5.53. The Morgan fingerprint density at radius 2 is 1.95 bits per heavy atom. The van der Waals surface area contributed by atoms with Crippen molar-refractivity contribution in [3.8, 4) is 0 Å². The largest absolute Gasteiger partial charge is 0.464 e. The zero-order valence-electron chi connectivity index (χ0n) is 12.8. The van der Waals surface area contributed by atoms with E-state index in [1.807, 2.05) is 13.0 Å². The summed E-state index contributed by atoms with van der Waals surface area (Å²) in [6.45, 7) is 7.52. The van der Waals surface area contributed by atoms with Crippen LogP contribution in [0.25, 0.3) is 0 Å². The maximum absolute atomic E-state index is 13.4. The van der Waals surface area contributed by atoms with Crippen LogP contribution in [0.15, 0.2) is 34.7 Å². The standard InChI is InChI=1S/C17H22FNO2/c1-12(2)19-9-15-8-16(21-13(15)3)11-20-10-14-6-4-5-7-17(14)18/h4-8,12,19H,9-11H2,1-3H3. The molecule has 0 spiro atoms. The Labute approximate surface area is 125 Å². The summed E-state index contributed by atoms with van der Waals surface area (Å²) in [5.74, 6) is 1.42. The lowest BCUT2D eigenvalue weighted by Gasteiger charge is -2.06. The zero-order chi connectivity index (χ0) is 15.2. The molecule has 0 amide bonds. The van der Waals surface area contributed by atoms with E-state index in [1.165, 1.54) is 6.07 Å². The van der Waals surface area contributed by atoms with E-state index in [2.05, 4.69) is 19.2 Å². The first-order valence-electron chi connectivity index (χ1n) is 7.19. The summed E-state index contributed by atoms with van der Waals surface area (Å²) >= 11 is 0. The van der Waals surface area contributed by atoms with Gasteiger partial charge in [-0.3, -0.25) is 0 Å². The number of hydrogen-bond acceptors (Lipinski definition) is 3. The van der Waals surface area contributed by atoms with Crippen molar-refractivity contribution in [2.24, 2.45) is 0 Å². The molecule has 0 aliphatic carbocycles. The van der Waals surface area contributed by atoms with Crippen LogP contribution in [-0.2, 0) is 24.5 Å². The van der Waals surface area contributed by atoms with Gasteiger partial charge in [-0.2, -0.15) is 0 Å². The molecule has 1 heterocycles. The quantitative estimate of drug-likeness (QED) is 0.839. The van der Waals surface area contributed by atoms with Gasteiger partial charge in [-0.1, -0.05) is 32.0 Å². The Bertz CT molecular complexity index is 578. The van der Waals surface area contributed by atoms with Gasteiger partial charge in [-0.25, -0.2) is 4.39 Å². The lowest BCUT2D eigenvalue weighted by atomic mass is 10.2. The average Bonchev–Trinajstić information content (AvgIpc) is 2.79. The second kappa shape index (κ2) is 7.38. The number of furan rings is 1. The van der Waals surface area contributed by atoms with Crippen LogP contribution in [0.3, 0.4) is 0 Å². The minimum absolute atomic E-state index is 0.241. The summed E-state index contributed by atoms with van der Waals surface area (Å²) in [6.07, 6.45) is 0. The summed E-state index contributed by atoms with van der Waals surface area (Å²) < 4.78 is 24.6. The fourth-order valence-corrected chi connectivity index (χ4v) is 2.03. The predicted molar refractivity (Wildman–Crippen MR) is 80.3 cm³/mol. The first-order valence-corrected chi connectivity index (χ1v) is 7.19. The number of ether oxygens (including phenoxy) is 1. The third kappa shape index (κ3) is 4.69. The highest BCUT2D eigenvalue weighted by atomic mass is 19.1. The third-order valence-electron chi connectivity index (χ3n) is 3.23. The van der Waals surface area contributed by atoms with Crippen molar-refractivity contribution in [3.05, 3.63) is 58.8 Å². The third-order valence-corrected chi connectivity index (χ3v) is 3.23. The van der Waals surface area contributed by atoms with Crippen LogP contribution >= 0.6 is 0 Å². The maximum atomic E-state index is 13.4. The van der Waals surface area contributed by atoms with Gasteiger partial charge >= 0.3 is 0 Å². The Hall–Kier alpha value is -1.65. The fourth-order valence-electron chi connectivity index (χ4n) is 2.03. The van der Waals surface area contributed by atoms with E-state index < -0.39 is 0 Å². The monoisotopic (exact) mass is 291 g/mol. The molecule has 0 fully saturated rings. The molecule has 0 bridgehead atoms. The van der Waals surface area contributed by atoms with E-state index in [4.69, 9.17) is 9.15 Å². The molecule has 0 atom stereocenters. The van der Waals surface area contributed by atoms with Crippen LogP contribution in [0.4, 0.5) is 4.39 Å². The molecule has 0 saturated carbocycles. The second-order valence-electron chi connectivity index (χ2n) is 5.41. The lowest BCUT2D eigenvalue weighted by Crippen LogP contribution is -2.21. The summed E-state index contributed by atoms with van der Waals surface area (Å²) in [5, 5.41) is 3.35. The molecule has 114 valence electrons. The van der Waals surface area contributed by atoms with Crippen LogP contribution < -0.4 is 5.32 Å². The van der Waals surface area contributed by atoms with Crippen LogP contribution in [-0.4, -0.2) is 6.04 Å². The summed E-state index contributed by atoms with van der Waals surface area (Å²) in [5.41, 5.74) is 1.69. The highest BCUT2D eigenvalue weighted by molar-refractivity contribution is 5.20. The van der Waals surface area contributed by atoms with E-state index in [0.29, 0.717) is 18.2 Å². The number of benzene rings is 1. The minimum Gasteiger partial charge on any atom is -0.464 e. The van der Waals surface area contributed by atoms with Crippen molar-refractivity contribution in [3.63, 3.8) is 0 Å². The molecular formula is C17H22FNO2. The van der Waals surface area contributed by atoms with E-state index in [0.717, 1.165) is 23.6 Å². The van der Waals surface area contributed by atoms with Gasteiger partial charge < -0.3 is 14.5 Å². The summed E-state index contributed by atoms with van der Waals surface area (Å²) in [4.78, 5) is 0. The molecule has 2 rings (SSSR count). The minimum atomic E-state index is -0.241. The molecule has 4 heteroatoms. The molecule has 21 heavy (non-hydrogen) atoms. The molecular weight excluding hydrogens is 269 g/mol. The van der Waals surface area contributed by atoms with Gasteiger partial charge in [0.05, 0.1) is 6.61 Å². The lowest BCUT2D eigenvalue weighted by molar-refractivity contribution is 0.0903. The average molecular weight is 291 g/mol. The smallest absolute Gasteiger partial charge is 0.130 e. The number of aryl methyl sites for hydroxylation is 1. The van der Waals surface area contributed by atoms with Crippen LogP contribution in [0.2, 0.25) is 0 Å². The van der Waals surface area contributed by atoms with Gasteiger partial charge in [0.1, 0.15) is 23.9 Å². The number of halogens is 1. The Balaban J connectivity index is 1.86. The van der Waals surface area contributed by atoms with E-state index in [-0.39, 0.29) is 12.4 Å². The van der Waals surface area contributed by atoms with Gasteiger partial charge in [0.25, 0.3) is 0 Å². The Morgan fingerprint density at radius 1 is 1.19 bits per heavy atom. The van der Waals surface area contributed by atoms with Crippen molar-refractivity contribution in [2.45, 2.75) is 46.6 Å². The molecule has 0 radical (unpaired) electrons. The Morgan fingerprint density at radius 3 is 2.67 bits per heavy atom. The molecule has 3 nitrogen and oxygen atoms in total. The molecule has 1 N–H and O–H groups in total. The van der Waals surface area contributed by atoms with Crippen LogP contribution in [0.5, 0.6) is 0 Å². The second-order valence-corrected chi connectivity index (χ2v) is 5.41. The topological polar surface area (TPSA) is 34.4 Å². The van der Waals surface area contributed by atoms with Crippen molar-refractivity contribution < 1.29 is 13.5 Å². The van der Waals surface area contributed by atoms with Gasteiger partial charge in [0, 0.05) is 23.7 Å². The first-order chi connectivity index (χ1) is 10.1. The molecule has 2 aromatic rings. The molecule has 1 aromatic heterocycles. The molecule has 0 unspecified atom stereocenters. The van der Waals surface area contributed by atoms with Crippen molar-refractivity contribution in [1.82, 2.24) is 5.32 Å². The predicted octanol–water partition coefficient (Wildman–Crippen LogP) is 3.94. The van der Waals surface area contributed by atoms with Crippen molar-refractivity contribution >= 4 is 0 Å². The van der Waals surface area contributed by atoms with Crippen LogP contribution in [0.1, 0.15) is 36.5 Å². The van der Waals surface area contributed by atoms with Crippen molar-refractivity contribution in [1.29, 1.82) is 0 Å². The highest BCUT2D eigenvalue weighted by Crippen LogP contribution is 2.16. The number of nitrogens with one attached hydrogen (secondary N) is 1. The van der Waals surface area contributed by atoms with E-state index in [9.17, 15) is 4.39 Å². The van der Waals surface area contributed by atoms with Crippen molar-refractivity contribution in [2.75, 3.05) is 0 Å². The first kappa shape index (κ1) is 15.7. The summed E-state index contributed by atoms with van der Waals surface area (Å²) in [7, 11) is 0. The normalized spacial score (nSPS) is 11.3. The molecule has 1 aromatic carbocycles. The SMILES string of the molecule is Cc1oc(COCc2ccccc2F)cc1CNC(C)C.